The molecule has 5 rings (SSSR count). The van der Waals surface area contributed by atoms with Gasteiger partial charge in [0.2, 0.25) is 0 Å². The van der Waals surface area contributed by atoms with Gasteiger partial charge in [0, 0.05) is 43.5 Å². The van der Waals surface area contributed by atoms with Crippen LogP contribution in [-0.2, 0) is 13.5 Å². The molecule has 30 heavy (non-hydrogen) atoms. The highest BCUT2D eigenvalue weighted by molar-refractivity contribution is 6.01. The van der Waals surface area contributed by atoms with Crippen LogP contribution >= 0.6 is 0 Å². The molecule has 0 fully saturated rings. The molecule has 1 N–H and O–H groups in total. The van der Waals surface area contributed by atoms with Gasteiger partial charge in [-0.05, 0) is 47.6 Å². The average molecular weight is 397 g/mol. The summed E-state index contributed by atoms with van der Waals surface area (Å²) in [5, 5.41) is 9.05. The van der Waals surface area contributed by atoms with Gasteiger partial charge in [-0.15, -0.1) is 0 Å². The smallest absolute Gasteiger partial charge is 0.269 e. The summed E-state index contributed by atoms with van der Waals surface area (Å²) in [4.78, 5) is 19.4. The van der Waals surface area contributed by atoms with Crippen LogP contribution in [0.1, 0.15) is 22.5 Å². The van der Waals surface area contributed by atoms with Crippen LogP contribution < -0.4 is 10.2 Å². The van der Waals surface area contributed by atoms with E-state index in [0.29, 0.717) is 5.69 Å². The molecule has 4 aromatic rings. The lowest BCUT2D eigenvalue weighted by molar-refractivity contribution is 0.0958. The summed E-state index contributed by atoms with van der Waals surface area (Å²) in [6.07, 6.45) is 5.98. The van der Waals surface area contributed by atoms with Gasteiger partial charge in [-0.1, -0.05) is 30.3 Å². The van der Waals surface area contributed by atoms with E-state index in [9.17, 15) is 4.79 Å². The van der Waals surface area contributed by atoms with Gasteiger partial charge >= 0.3 is 0 Å². The quantitative estimate of drug-likeness (QED) is 0.566. The number of aromatic nitrogens is 3. The van der Waals surface area contributed by atoms with Crippen LogP contribution in [0.25, 0.3) is 21.9 Å². The second kappa shape index (κ2) is 7.30. The van der Waals surface area contributed by atoms with Crippen LogP contribution in [0, 0.1) is 0 Å². The lowest BCUT2D eigenvalue weighted by Gasteiger charge is -2.32. The maximum atomic E-state index is 12.3. The fraction of sp³-hybridized carbons (Fsp3) is 0.208. The minimum absolute atomic E-state index is 0.175. The van der Waals surface area contributed by atoms with Crippen molar-refractivity contribution in [1.29, 1.82) is 0 Å². The van der Waals surface area contributed by atoms with E-state index >= 15 is 0 Å². The second-order valence-electron chi connectivity index (χ2n) is 7.63. The number of fused-ring (bicyclic) bond motifs is 2. The van der Waals surface area contributed by atoms with Crippen LogP contribution in [-0.4, -0.2) is 34.3 Å². The molecule has 1 amide bonds. The molecule has 0 radical (unpaired) electrons. The molecule has 0 atom stereocenters. The van der Waals surface area contributed by atoms with Crippen LogP contribution in [0.15, 0.2) is 60.9 Å². The minimum Gasteiger partial charge on any atom is -0.354 e. The van der Waals surface area contributed by atoms with Crippen molar-refractivity contribution < 1.29 is 4.79 Å². The number of carbonyl (C=O) groups excluding carboxylic acids is 1. The summed E-state index contributed by atoms with van der Waals surface area (Å²) in [5.74, 6) is 0.660. The number of amides is 1. The molecule has 1 aliphatic heterocycles. The van der Waals surface area contributed by atoms with Crippen LogP contribution in [0.2, 0.25) is 0 Å². The Labute approximate surface area is 175 Å². The molecule has 0 saturated carbocycles. The second-order valence-corrected chi connectivity index (χ2v) is 7.63. The highest BCUT2D eigenvalue weighted by Crippen LogP contribution is 2.38. The van der Waals surface area contributed by atoms with Gasteiger partial charge in [0.1, 0.15) is 11.5 Å². The van der Waals surface area contributed by atoms with Crippen molar-refractivity contribution in [3.05, 3.63) is 72.2 Å². The Morgan fingerprint density at radius 1 is 1.10 bits per heavy atom. The number of carbonyl (C=O) groups is 1. The highest BCUT2D eigenvalue weighted by atomic mass is 16.1. The van der Waals surface area contributed by atoms with Gasteiger partial charge in [0.25, 0.3) is 5.91 Å². The predicted octanol–water partition coefficient (Wildman–Crippen LogP) is 4.08. The van der Waals surface area contributed by atoms with Gasteiger partial charge in [0.15, 0.2) is 0 Å². The molecule has 0 unspecified atom stereocenters. The van der Waals surface area contributed by atoms with Crippen molar-refractivity contribution in [3.8, 4) is 11.1 Å². The maximum Gasteiger partial charge on any atom is 0.269 e. The lowest BCUT2D eigenvalue weighted by atomic mass is 9.96. The largest absolute Gasteiger partial charge is 0.354 e. The standard InChI is InChI=1S/C24H23N5O/c1-25-24(30)21-13-17-6-3-4-8-20(17)23(27-21)29-11-5-7-18-12-16(9-10-22(18)29)19-14-26-28(2)15-19/h3-4,6,8-10,12-15H,5,7,11H2,1-2H3,(H,25,30). The number of nitrogens with zero attached hydrogens (tertiary/aromatic N) is 4. The number of hydrogen-bond donors (Lipinski definition) is 1. The van der Waals surface area contributed by atoms with Crippen molar-refractivity contribution in [2.45, 2.75) is 12.8 Å². The van der Waals surface area contributed by atoms with Crippen molar-refractivity contribution in [1.82, 2.24) is 20.1 Å². The van der Waals surface area contributed by atoms with Crippen molar-refractivity contribution in [3.63, 3.8) is 0 Å². The minimum atomic E-state index is -0.175. The normalized spacial score (nSPS) is 13.3. The first-order valence-electron chi connectivity index (χ1n) is 10.2. The summed E-state index contributed by atoms with van der Waals surface area (Å²) in [5.41, 5.74) is 5.16. The monoisotopic (exact) mass is 397 g/mol. The number of benzene rings is 2. The van der Waals surface area contributed by atoms with Crippen LogP contribution in [0.3, 0.4) is 0 Å². The molecular weight excluding hydrogens is 374 g/mol. The Hall–Kier alpha value is -3.67. The van der Waals surface area contributed by atoms with Crippen molar-refractivity contribution in [2.24, 2.45) is 7.05 Å². The molecule has 0 saturated heterocycles. The summed E-state index contributed by atoms with van der Waals surface area (Å²) in [6, 6.07) is 16.5. The molecule has 6 heteroatoms. The van der Waals surface area contributed by atoms with E-state index in [1.807, 2.05) is 48.4 Å². The van der Waals surface area contributed by atoms with Gasteiger partial charge < -0.3 is 10.2 Å². The fourth-order valence-electron chi connectivity index (χ4n) is 4.20. The molecule has 0 spiro atoms. The molecular formula is C24H23N5O. The first-order valence-corrected chi connectivity index (χ1v) is 10.2. The Kier molecular flexibility index (Phi) is 4.47. The van der Waals surface area contributed by atoms with Gasteiger partial charge in [-0.2, -0.15) is 5.10 Å². The van der Waals surface area contributed by atoms with E-state index in [1.165, 1.54) is 11.1 Å². The molecule has 2 aromatic heterocycles. The summed E-state index contributed by atoms with van der Waals surface area (Å²) < 4.78 is 1.82. The van der Waals surface area contributed by atoms with E-state index in [-0.39, 0.29) is 5.91 Å². The topological polar surface area (TPSA) is 63.1 Å². The first kappa shape index (κ1) is 18.4. The Morgan fingerprint density at radius 3 is 2.77 bits per heavy atom. The molecule has 3 heterocycles. The van der Waals surface area contributed by atoms with E-state index in [0.717, 1.165) is 47.2 Å². The zero-order valence-electron chi connectivity index (χ0n) is 17.1. The number of pyridine rings is 1. The molecule has 6 nitrogen and oxygen atoms in total. The number of hydrogen-bond acceptors (Lipinski definition) is 4. The van der Waals surface area contributed by atoms with Crippen molar-refractivity contribution in [2.75, 3.05) is 18.5 Å². The number of aryl methyl sites for hydroxylation is 2. The summed E-state index contributed by atoms with van der Waals surface area (Å²) in [7, 11) is 3.56. The molecule has 0 bridgehead atoms. The summed E-state index contributed by atoms with van der Waals surface area (Å²) in [6.45, 7) is 0.868. The SMILES string of the molecule is CNC(=O)c1cc2ccccc2c(N2CCCc3cc(-c4cnn(C)c4)ccc32)n1. The van der Waals surface area contributed by atoms with Gasteiger partial charge in [-0.3, -0.25) is 9.48 Å². The van der Waals surface area contributed by atoms with E-state index in [4.69, 9.17) is 4.98 Å². The first-order chi connectivity index (χ1) is 14.6. The molecule has 0 aliphatic carbocycles. The van der Waals surface area contributed by atoms with Crippen LogP contribution in [0.5, 0.6) is 0 Å². The zero-order chi connectivity index (χ0) is 20.7. The Morgan fingerprint density at radius 2 is 1.97 bits per heavy atom. The number of rotatable bonds is 3. The number of anilines is 2. The lowest BCUT2D eigenvalue weighted by Crippen LogP contribution is -2.27. The summed E-state index contributed by atoms with van der Waals surface area (Å²) >= 11 is 0. The van der Waals surface area contributed by atoms with E-state index in [1.54, 1.807) is 7.05 Å². The fourth-order valence-corrected chi connectivity index (χ4v) is 4.20. The third-order valence-corrected chi connectivity index (χ3v) is 5.67. The Bertz CT molecular complexity index is 1260. The van der Waals surface area contributed by atoms with Crippen molar-refractivity contribution >= 4 is 28.2 Å². The molecule has 2 aromatic carbocycles. The Balaban J connectivity index is 1.64. The van der Waals surface area contributed by atoms with Gasteiger partial charge in [0.05, 0.1) is 6.20 Å². The zero-order valence-corrected chi connectivity index (χ0v) is 17.1. The average Bonchev–Trinajstić information content (AvgIpc) is 3.23. The maximum absolute atomic E-state index is 12.3. The third kappa shape index (κ3) is 3.10. The highest BCUT2D eigenvalue weighted by Gasteiger charge is 2.23. The molecule has 150 valence electrons. The molecule has 1 aliphatic rings. The third-order valence-electron chi connectivity index (χ3n) is 5.67. The predicted molar refractivity (Wildman–Crippen MR) is 119 cm³/mol. The number of nitrogens with one attached hydrogen (secondary N) is 1. The van der Waals surface area contributed by atoms with Crippen LogP contribution in [0.4, 0.5) is 11.5 Å². The van der Waals surface area contributed by atoms with E-state index in [2.05, 4.69) is 39.6 Å². The van der Waals surface area contributed by atoms with E-state index < -0.39 is 0 Å². The van der Waals surface area contributed by atoms with Gasteiger partial charge in [-0.25, -0.2) is 4.98 Å².